The average Bonchev–Trinajstić information content (AvgIpc) is 2.82. The van der Waals surface area contributed by atoms with Crippen LogP contribution in [0, 0.1) is 10.1 Å². The molecule has 0 aliphatic carbocycles. The fourth-order valence-electron chi connectivity index (χ4n) is 1.63. The van der Waals surface area contributed by atoms with Crippen LogP contribution in [0.25, 0.3) is 0 Å². The van der Waals surface area contributed by atoms with Gasteiger partial charge in [-0.3, -0.25) is 14.9 Å². The summed E-state index contributed by atoms with van der Waals surface area (Å²) in [5, 5.41) is 11.0. The number of Topliss-reactive ketones (excluding diaryl/α,β-unsaturated/α-hetero) is 1. The predicted octanol–water partition coefficient (Wildman–Crippen LogP) is 5.03. The van der Waals surface area contributed by atoms with Crippen molar-refractivity contribution in [2.24, 2.45) is 0 Å². The van der Waals surface area contributed by atoms with Crippen molar-refractivity contribution in [1.82, 2.24) is 0 Å². The number of ketones is 1. The smallest absolute Gasteiger partial charge is 0.294 e. The van der Waals surface area contributed by atoms with E-state index in [2.05, 4.69) is 0 Å². The zero-order chi connectivity index (χ0) is 16.5. The third-order valence-electron chi connectivity index (χ3n) is 2.62. The van der Waals surface area contributed by atoms with Crippen molar-refractivity contribution in [3.05, 3.63) is 50.9 Å². The van der Waals surface area contributed by atoms with Crippen molar-refractivity contribution in [2.45, 2.75) is 22.2 Å². The first-order valence-electron chi connectivity index (χ1n) is 5.83. The van der Waals surface area contributed by atoms with Crippen molar-refractivity contribution < 1.29 is 22.9 Å². The first-order valence-corrected chi connectivity index (χ1v) is 7.46. The molecule has 1 heterocycles. The molecule has 0 N–H and O–H groups in total. The van der Waals surface area contributed by atoms with Gasteiger partial charge in [-0.15, -0.1) is 11.3 Å². The normalized spacial score (nSPS) is 11.5. The molecule has 116 valence electrons. The van der Waals surface area contributed by atoms with Crippen molar-refractivity contribution in [3.63, 3.8) is 0 Å². The van der Waals surface area contributed by atoms with Crippen LogP contribution in [0.3, 0.4) is 0 Å². The summed E-state index contributed by atoms with van der Waals surface area (Å²) in [6.07, 6.45) is -4.56. The van der Waals surface area contributed by atoms with Crippen LogP contribution < -0.4 is 0 Å². The highest BCUT2D eigenvalue weighted by Crippen LogP contribution is 2.45. The lowest BCUT2D eigenvalue weighted by molar-refractivity contribution is -0.387. The number of alkyl halides is 3. The Kier molecular flexibility index (Phi) is 4.57. The molecule has 0 unspecified atom stereocenters. The summed E-state index contributed by atoms with van der Waals surface area (Å²) in [5.74, 6) is -0.371. The van der Waals surface area contributed by atoms with Gasteiger partial charge < -0.3 is 0 Å². The Labute approximate surface area is 131 Å². The Morgan fingerprint density at radius 1 is 1.32 bits per heavy atom. The summed E-state index contributed by atoms with van der Waals surface area (Å²) in [6, 6.07) is 5.91. The molecular weight excluding hydrogens is 339 g/mol. The first kappa shape index (κ1) is 16.5. The molecule has 22 heavy (non-hydrogen) atoms. The van der Waals surface area contributed by atoms with Gasteiger partial charge in [0.25, 0.3) is 5.69 Å². The van der Waals surface area contributed by atoms with Gasteiger partial charge in [-0.2, -0.15) is 13.2 Å². The third kappa shape index (κ3) is 3.47. The Morgan fingerprint density at radius 3 is 2.50 bits per heavy atom. The van der Waals surface area contributed by atoms with Crippen LogP contribution in [0.2, 0.25) is 0 Å². The van der Waals surface area contributed by atoms with Gasteiger partial charge in [-0.1, -0.05) is 23.9 Å². The second-order valence-corrected chi connectivity index (χ2v) is 6.56. The van der Waals surface area contributed by atoms with E-state index in [4.69, 9.17) is 0 Å². The standard InChI is InChI=1S/C13H8F3NO3S2/c1-7(18)11-6-9(17(19)20)12(22-11)21-10-5-3-2-4-8(10)13(14,15)16/h2-6H,1H3. The minimum atomic E-state index is -4.56. The molecule has 0 saturated heterocycles. The van der Waals surface area contributed by atoms with Crippen molar-refractivity contribution in [1.29, 1.82) is 0 Å². The second-order valence-electron chi connectivity index (χ2n) is 4.19. The molecule has 9 heteroatoms. The number of carbonyl (C=O) groups is 1. The molecule has 0 aliphatic heterocycles. The van der Waals surface area contributed by atoms with Crippen molar-refractivity contribution >= 4 is 34.6 Å². The molecule has 0 radical (unpaired) electrons. The molecule has 0 amide bonds. The number of nitro groups is 1. The molecule has 0 bridgehead atoms. The summed E-state index contributed by atoms with van der Waals surface area (Å²) >= 11 is 1.45. The van der Waals surface area contributed by atoms with Crippen LogP contribution >= 0.6 is 23.1 Å². The minimum Gasteiger partial charge on any atom is -0.294 e. The van der Waals surface area contributed by atoms with E-state index >= 15 is 0 Å². The van der Waals surface area contributed by atoms with Gasteiger partial charge in [-0.25, -0.2) is 0 Å². The van der Waals surface area contributed by atoms with E-state index in [1.165, 1.54) is 25.1 Å². The van der Waals surface area contributed by atoms with Gasteiger partial charge in [0, 0.05) is 11.0 Å². The highest BCUT2D eigenvalue weighted by molar-refractivity contribution is 8.01. The van der Waals surface area contributed by atoms with Gasteiger partial charge in [-0.05, 0) is 19.1 Å². The van der Waals surface area contributed by atoms with Crippen molar-refractivity contribution in [2.75, 3.05) is 0 Å². The first-order chi connectivity index (χ1) is 10.2. The summed E-state index contributed by atoms with van der Waals surface area (Å²) in [5.41, 5.74) is -1.23. The van der Waals surface area contributed by atoms with E-state index in [-0.39, 0.29) is 25.5 Å². The fraction of sp³-hybridized carbons (Fsp3) is 0.154. The molecule has 0 fully saturated rings. The molecule has 2 rings (SSSR count). The number of rotatable bonds is 4. The molecule has 1 aromatic carbocycles. The zero-order valence-electron chi connectivity index (χ0n) is 11.0. The lowest BCUT2D eigenvalue weighted by Crippen LogP contribution is -2.06. The topological polar surface area (TPSA) is 60.2 Å². The maximum absolute atomic E-state index is 12.9. The van der Waals surface area contributed by atoms with E-state index in [0.29, 0.717) is 11.8 Å². The number of hydrogen-bond donors (Lipinski definition) is 0. The van der Waals surface area contributed by atoms with Crippen LogP contribution in [0.1, 0.15) is 22.2 Å². The monoisotopic (exact) mass is 347 g/mol. The number of hydrogen-bond acceptors (Lipinski definition) is 5. The third-order valence-corrected chi connectivity index (χ3v) is 5.11. The van der Waals surface area contributed by atoms with E-state index in [0.717, 1.165) is 23.5 Å². The Hall–Kier alpha value is -1.87. The number of carbonyl (C=O) groups excluding carboxylic acids is 1. The van der Waals surface area contributed by atoms with Gasteiger partial charge >= 0.3 is 6.18 Å². The molecule has 0 saturated carbocycles. The molecule has 0 spiro atoms. The number of halogens is 3. The Bertz CT molecular complexity index is 740. The maximum atomic E-state index is 12.9. The maximum Gasteiger partial charge on any atom is 0.417 e. The molecule has 2 aromatic rings. The number of nitrogens with zero attached hydrogens (tertiary/aromatic N) is 1. The highest BCUT2D eigenvalue weighted by Gasteiger charge is 2.34. The van der Waals surface area contributed by atoms with Gasteiger partial charge in [0.1, 0.15) is 4.21 Å². The quantitative estimate of drug-likeness (QED) is 0.442. The van der Waals surface area contributed by atoms with Crippen LogP contribution in [0.4, 0.5) is 18.9 Å². The molecule has 4 nitrogen and oxygen atoms in total. The Balaban J connectivity index is 2.48. The number of benzene rings is 1. The summed E-state index contributed by atoms with van der Waals surface area (Å²) in [6.45, 7) is 1.24. The van der Waals surface area contributed by atoms with Crippen LogP contribution in [-0.4, -0.2) is 10.7 Å². The molecule has 1 aromatic heterocycles. The minimum absolute atomic E-state index is 0.0481. The zero-order valence-corrected chi connectivity index (χ0v) is 12.6. The lowest BCUT2D eigenvalue weighted by Gasteiger charge is -2.10. The largest absolute Gasteiger partial charge is 0.417 e. The van der Waals surface area contributed by atoms with Gasteiger partial charge in [0.15, 0.2) is 5.78 Å². The predicted molar refractivity (Wildman–Crippen MR) is 76.5 cm³/mol. The van der Waals surface area contributed by atoms with E-state index in [1.54, 1.807) is 0 Å². The second kappa shape index (κ2) is 6.09. The fourth-order valence-corrected chi connectivity index (χ4v) is 3.96. The van der Waals surface area contributed by atoms with E-state index in [1.807, 2.05) is 0 Å². The lowest BCUT2D eigenvalue weighted by atomic mass is 10.2. The molecule has 0 atom stereocenters. The van der Waals surface area contributed by atoms with E-state index in [9.17, 15) is 28.1 Å². The van der Waals surface area contributed by atoms with Gasteiger partial charge in [0.2, 0.25) is 0 Å². The van der Waals surface area contributed by atoms with Crippen molar-refractivity contribution in [3.8, 4) is 0 Å². The van der Waals surface area contributed by atoms with Crippen LogP contribution in [-0.2, 0) is 6.18 Å². The highest BCUT2D eigenvalue weighted by atomic mass is 32.2. The SMILES string of the molecule is CC(=O)c1cc([N+](=O)[O-])c(Sc2ccccc2C(F)(F)F)s1. The molecule has 0 aliphatic rings. The Morgan fingerprint density at radius 2 is 1.95 bits per heavy atom. The number of thiophene rings is 1. The van der Waals surface area contributed by atoms with Gasteiger partial charge in [0.05, 0.1) is 15.4 Å². The van der Waals surface area contributed by atoms with E-state index < -0.39 is 16.7 Å². The summed E-state index contributed by atoms with van der Waals surface area (Å²) in [4.78, 5) is 21.6. The van der Waals surface area contributed by atoms with Crippen LogP contribution in [0.5, 0.6) is 0 Å². The van der Waals surface area contributed by atoms with Crippen LogP contribution in [0.15, 0.2) is 39.4 Å². The molecular formula is C13H8F3NO3S2. The summed E-state index contributed by atoms with van der Waals surface area (Å²) in [7, 11) is 0. The summed E-state index contributed by atoms with van der Waals surface area (Å²) < 4.78 is 38.9. The average molecular weight is 347 g/mol.